The van der Waals surface area contributed by atoms with Crippen molar-refractivity contribution >= 4 is 17.7 Å². The van der Waals surface area contributed by atoms with Gasteiger partial charge in [0, 0.05) is 31.9 Å². The van der Waals surface area contributed by atoms with E-state index in [-0.39, 0.29) is 5.91 Å². The molecule has 0 bridgehead atoms. The maximum Gasteiger partial charge on any atom is 0.411 e. The monoisotopic (exact) mass is 410 g/mol. The molecule has 0 unspecified atom stereocenters. The zero-order valence-electron chi connectivity index (χ0n) is 16.8. The summed E-state index contributed by atoms with van der Waals surface area (Å²) in [4.78, 5) is 31.5. The number of amides is 2. The van der Waals surface area contributed by atoms with E-state index in [0.717, 1.165) is 25.2 Å². The number of nitrogens with one attached hydrogen (secondary N) is 1. The van der Waals surface area contributed by atoms with E-state index in [4.69, 9.17) is 4.74 Å². The van der Waals surface area contributed by atoms with Gasteiger partial charge in [-0.1, -0.05) is 6.42 Å². The number of hydrogen-bond donors (Lipinski definition) is 2. The Morgan fingerprint density at radius 1 is 1.07 bits per heavy atom. The number of hydrogen-bond acceptors (Lipinski definition) is 5. The second-order valence-corrected chi connectivity index (χ2v) is 7.61. The number of fused-ring (bicyclic) bond motifs is 1. The SMILES string of the molecule is O=C(NCCN1CCCCC1)c1cc(Oc2ccc3c(c2)CCN3C(=O)O)ccn1. The minimum Gasteiger partial charge on any atom is -0.465 e. The molecule has 2 aromatic rings. The van der Waals surface area contributed by atoms with E-state index >= 15 is 0 Å². The number of likely N-dealkylation sites (tertiary alicyclic amines) is 1. The molecular weight excluding hydrogens is 384 g/mol. The van der Waals surface area contributed by atoms with Crippen LogP contribution in [0.5, 0.6) is 11.5 Å². The van der Waals surface area contributed by atoms with Crippen molar-refractivity contribution in [2.45, 2.75) is 25.7 Å². The summed E-state index contributed by atoms with van der Waals surface area (Å²) in [6.07, 6.45) is 5.00. The van der Waals surface area contributed by atoms with Crippen molar-refractivity contribution in [2.75, 3.05) is 37.6 Å². The van der Waals surface area contributed by atoms with Gasteiger partial charge < -0.3 is 20.1 Å². The third kappa shape index (κ3) is 4.71. The first kappa shape index (κ1) is 20.2. The van der Waals surface area contributed by atoms with Crippen LogP contribution >= 0.6 is 0 Å². The number of aromatic nitrogens is 1. The van der Waals surface area contributed by atoms with Gasteiger partial charge >= 0.3 is 6.09 Å². The Kier molecular flexibility index (Phi) is 6.13. The van der Waals surface area contributed by atoms with Crippen molar-refractivity contribution in [3.8, 4) is 11.5 Å². The molecule has 8 nitrogen and oxygen atoms in total. The zero-order chi connectivity index (χ0) is 20.9. The van der Waals surface area contributed by atoms with Gasteiger partial charge in [0.05, 0.1) is 5.69 Å². The first-order valence-electron chi connectivity index (χ1n) is 10.4. The van der Waals surface area contributed by atoms with Gasteiger partial charge in [-0.2, -0.15) is 0 Å². The molecule has 2 aliphatic rings. The highest BCUT2D eigenvalue weighted by Gasteiger charge is 2.24. The molecule has 1 fully saturated rings. The van der Waals surface area contributed by atoms with Gasteiger partial charge in [0.1, 0.15) is 17.2 Å². The third-order valence-electron chi connectivity index (χ3n) is 5.54. The van der Waals surface area contributed by atoms with Crippen molar-refractivity contribution < 1.29 is 19.4 Å². The predicted molar refractivity (Wildman–Crippen MR) is 112 cm³/mol. The number of ether oxygens (including phenoxy) is 1. The largest absolute Gasteiger partial charge is 0.465 e. The van der Waals surface area contributed by atoms with Gasteiger partial charge in [0.15, 0.2) is 0 Å². The Labute approximate surface area is 175 Å². The molecule has 0 radical (unpaired) electrons. The number of carbonyl (C=O) groups excluding carboxylic acids is 1. The van der Waals surface area contributed by atoms with E-state index in [9.17, 15) is 14.7 Å². The van der Waals surface area contributed by atoms with E-state index in [1.165, 1.54) is 24.2 Å². The molecule has 3 heterocycles. The lowest BCUT2D eigenvalue weighted by Crippen LogP contribution is -2.37. The van der Waals surface area contributed by atoms with Crippen molar-refractivity contribution in [3.05, 3.63) is 47.8 Å². The van der Waals surface area contributed by atoms with Crippen LogP contribution in [0.1, 0.15) is 35.3 Å². The summed E-state index contributed by atoms with van der Waals surface area (Å²) < 4.78 is 5.90. The maximum absolute atomic E-state index is 12.4. The summed E-state index contributed by atoms with van der Waals surface area (Å²) in [6, 6.07) is 8.64. The average molecular weight is 410 g/mol. The highest BCUT2D eigenvalue weighted by molar-refractivity contribution is 5.92. The van der Waals surface area contributed by atoms with Gasteiger partial charge in [0.25, 0.3) is 5.91 Å². The molecule has 30 heavy (non-hydrogen) atoms. The Bertz CT molecular complexity index is 927. The average Bonchev–Trinajstić information content (AvgIpc) is 3.18. The minimum absolute atomic E-state index is 0.219. The smallest absolute Gasteiger partial charge is 0.411 e. The molecule has 0 aliphatic carbocycles. The van der Waals surface area contributed by atoms with Gasteiger partial charge in [-0.25, -0.2) is 4.79 Å². The summed E-state index contributed by atoms with van der Waals surface area (Å²) in [6.45, 7) is 4.09. The van der Waals surface area contributed by atoms with Crippen molar-refractivity contribution in [1.82, 2.24) is 15.2 Å². The Morgan fingerprint density at radius 3 is 2.67 bits per heavy atom. The first-order valence-corrected chi connectivity index (χ1v) is 10.4. The Morgan fingerprint density at radius 2 is 1.87 bits per heavy atom. The summed E-state index contributed by atoms with van der Waals surface area (Å²) in [5.74, 6) is 0.895. The summed E-state index contributed by atoms with van der Waals surface area (Å²) in [5.41, 5.74) is 1.93. The topological polar surface area (TPSA) is 95.0 Å². The second kappa shape index (κ2) is 9.13. The van der Waals surface area contributed by atoms with Crippen LogP contribution in [0.2, 0.25) is 0 Å². The molecule has 8 heteroatoms. The number of benzene rings is 1. The molecule has 2 amide bonds. The highest BCUT2D eigenvalue weighted by atomic mass is 16.5. The van der Waals surface area contributed by atoms with Gasteiger partial charge in [0.2, 0.25) is 0 Å². The number of carboxylic acid groups (broad SMARTS) is 1. The summed E-state index contributed by atoms with van der Waals surface area (Å²) in [5, 5.41) is 12.2. The standard InChI is InChI=1S/C22H26N4O4/c27-21(24-9-13-25-10-2-1-3-11-25)19-15-18(6-8-23-19)30-17-4-5-20-16(14-17)7-12-26(20)22(28)29/h4-6,8,14-15H,1-3,7,9-13H2,(H,24,27)(H,28,29). The van der Waals surface area contributed by atoms with Crippen molar-refractivity contribution in [2.24, 2.45) is 0 Å². The highest BCUT2D eigenvalue weighted by Crippen LogP contribution is 2.33. The molecule has 2 N–H and O–H groups in total. The molecule has 1 saturated heterocycles. The maximum atomic E-state index is 12.4. The van der Waals surface area contributed by atoms with Crippen molar-refractivity contribution in [1.29, 1.82) is 0 Å². The number of nitrogens with zero attached hydrogens (tertiary/aromatic N) is 3. The molecule has 2 aliphatic heterocycles. The summed E-state index contributed by atoms with van der Waals surface area (Å²) in [7, 11) is 0. The molecule has 1 aromatic carbocycles. The lowest BCUT2D eigenvalue weighted by molar-refractivity contribution is 0.0941. The van der Waals surface area contributed by atoms with Crippen LogP contribution in [-0.2, 0) is 6.42 Å². The predicted octanol–water partition coefficient (Wildman–Crippen LogP) is 3.13. The molecule has 158 valence electrons. The number of rotatable bonds is 6. The molecule has 1 aromatic heterocycles. The van der Waals surface area contributed by atoms with E-state index in [0.29, 0.717) is 42.4 Å². The molecular formula is C22H26N4O4. The molecule has 0 saturated carbocycles. The van der Waals surface area contributed by atoms with E-state index < -0.39 is 6.09 Å². The van der Waals surface area contributed by atoms with Gasteiger partial charge in [-0.3, -0.25) is 14.7 Å². The summed E-state index contributed by atoms with van der Waals surface area (Å²) >= 11 is 0. The zero-order valence-corrected chi connectivity index (χ0v) is 16.8. The Hall–Kier alpha value is -3.13. The fraction of sp³-hybridized carbons (Fsp3) is 0.409. The van der Waals surface area contributed by atoms with E-state index in [1.807, 2.05) is 6.07 Å². The van der Waals surface area contributed by atoms with Crippen LogP contribution in [0.3, 0.4) is 0 Å². The van der Waals surface area contributed by atoms with Crippen LogP contribution in [-0.4, -0.2) is 59.7 Å². The first-order chi connectivity index (χ1) is 14.6. The fourth-order valence-corrected chi connectivity index (χ4v) is 3.98. The lowest BCUT2D eigenvalue weighted by Gasteiger charge is -2.26. The number of anilines is 1. The van der Waals surface area contributed by atoms with Crippen molar-refractivity contribution in [3.63, 3.8) is 0 Å². The lowest BCUT2D eigenvalue weighted by atomic mass is 10.1. The van der Waals surface area contributed by atoms with Gasteiger partial charge in [-0.05, 0) is 62.2 Å². The van der Waals surface area contributed by atoms with E-state index in [2.05, 4.69) is 15.2 Å². The normalized spacial score (nSPS) is 16.2. The molecule has 4 rings (SSSR count). The van der Waals surface area contributed by atoms with Crippen LogP contribution in [0, 0.1) is 0 Å². The van der Waals surface area contributed by atoms with Crippen LogP contribution in [0.25, 0.3) is 0 Å². The molecule has 0 spiro atoms. The Balaban J connectivity index is 1.35. The van der Waals surface area contributed by atoms with Crippen LogP contribution in [0.15, 0.2) is 36.5 Å². The number of piperidine rings is 1. The third-order valence-corrected chi connectivity index (χ3v) is 5.54. The van der Waals surface area contributed by atoms with Crippen LogP contribution < -0.4 is 15.0 Å². The minimum atomic E-state index is -0.951. The number of pyridine rings is 1. The quantitative estimate of drug-likeness (QED) is 0.760. The number of carbonyl (C=O) groups is 2. The second-order valence-electron chi connectivity index (χ2n) is 7.61. The van der Waals surface area contributed by atoms with E-state index in [1.54, 1.807) is 30.5 Å². The molecule has 0 atom stereocenters. The fourth-order valence-electron chi connectivity index (χ4n) is 3.98. The van der Waals surface area contributed by atoms with Gasteiger partial charge in [-0.15, -0.1) is 0 Å². The van der Waals surface area contributed by atoms with Crippen LogP contribution in [0.4, 0.5) is 10.5 Å².